The van der Waals surface area contributed by atoms with Crippen LogP contribution < -0.4 is 5.46 Å². The maximum absolute atomic E-state index is 10.0. The van der Waals surface area contributed by atoms with Crippen LogP contribution in [0.2, 0.25) is 0 Å². The zero-order valence-corrected chi connectivity index (χ0v) is 11.5. The highest BCUT2D eigenvalue weighted by atomic mass is 16.5. The monoisotopic (exact) mass is 256 g/mol. The first-order valence-corrected chi connectivity index (χ1v) is 5.80. The third-order valence-electron chi connectivity index (χ3n) is 3.23. The van der Waals surface area contributed by atoms with Crippen LogP contribution in [-0.2, 0) is 18.3 Å². The lowest BCUT2D eigenvalue weighted by molar-refractivity contribution is -0.0983. The number of aliphatic hydroxyl groups is 2. The lowest BCUT2D eigenvalue weighted by Crippen LogP contribution is -2.53. The average Bonchev–Trinajstić information content (AvgIpc) is 2.57. The number of hydrogen-bond acceptors (Lipinski definition) is 5. The number of nitrogens with zero attached hydrogens (tertiary/aromatic N) is 2. The van der Waals surface area contributed by atoms with Crippen molar-refractivity contribution in [2.45, 2.75) is 45.5 Å². The van der Waals surface area contributed by atoms with Gasteiger partial charge < -0.3 is 19.9 Å². The molecule has 0 saturated heterocycles. The highest BCUT2D eigenvalue weighted by Crippen LogP contribution is 2.25. The molecule has 0 amide bonds. The molecule has 1 aromatic heterocycles. The fraction of sp³-hybridized carbons (Fsp3) is 0.727. The second kappa shape index (κ2) is 5.01. The van der Waals surface area contributed by atoms with Crippen molar-refractivity contribution in [3.63, 3.8) is 0 Å². The second-order valence-electron chi connectivity index (χ2n) is 5.40. The van der Waals surface area contributed by atoms with Gasteiger partial charge in [-0.05, 0) is 27.7 Å². The third kappa shape index (κ3) is 3.11. The molecule has 0 aliphatic carbocycles. The molecule has 0 bridgehead atoms. The van der Waals surface area contributed by atoms with Gasteiger partial charge in [-0.3, -0.25) is 4.68 Å². The van der Waals surface area contributed by atoms with Gasteiger partial charge in [0.25, 0.3) is 0 Å². The van der Waals surface area contributed by atoms with Crippen molar-refractivity contribution < 1.29 is 19.9 Å². The van der Waals surface area contributed by atoms with Gasteiger partial charge in [0.15, 0.2) is 0 Å². The SMILES string of the molecule is Cn1cc(B(O)OC(C)(C)C(C)(C)O)c(CO)n1. The Bertz CT molecular complexity index is 412. The molecule has 0 aromatic carbocycles. The van der Waals surface area contributed by atoms with Crippen LogP contribution in [0.4, 0.5) is 0 Å². The van der Waals surface area contributed by atoms with Crippen LogP contribution in [0.5, 0.6) is 0 Å². The van der Waals surface area contributed by atoms with E-state index in [1.807, 2.05) is 0 Å². The van der Waals surface area contributed by atoms with E-state index < -0.39 is 18.3 Å². The summed E-state index contributed by atoms with van der Waals surface area (Å²) in [6.45, 7) is 6.31. The van der Waals surface area contributed by atoms with Crippen LogP contribution >= 0.6 is 0 Å². The predicted molar refractivity (Wildman–Crippen MR) is 68.2 cm³/mol. The maximum Gasteiger partial charge on any atom is 0.495 e. The molecule has 3 N–H and O–H groups in total. The van der Waals surface area contributed by atoms with Gasteiger partial charge >= 0.3 is 7.12 Å². The van der Waals surface area contributed by atoms with Crippen LogP contribution in [0, 0.1) is 0 Å². The number of rotatable bonds is 5. The van der Waals surface area contributed by atoms with E-state index >= 15 is 0 Å². The topological polar surface area (TPSA) is 87.7 Å². The minimum Gasteiger partial charge on any atom is -0.423 e. The van der Waals surface area contributed by atoms with Crippen LogP contribution in [0.15, 0.2) is 6.20 Å². The fourth-order valence-electron chi connectivity index (χ4n) is 1.37. The van der Waals surface area contributed by atoms with E-state index in [0.29, 0.717) is 11.2 Å². The molecule has 0 fully saturated rings. The molecule has 0 atom stereocenters. The molecule has 1 heterocycles. The zero-order valence-electron chi connectivity index (χ0n) is 11.5. The average molecular weight is 256 g/mol. The second-order valence-corrected chi connectivity index (χ2v) is 5.40. The van der Waals surface area contributed by atoms with Crippen molar-refractivity contribution in [2.75, 3.05) is 0 Å². The van der Waals surface area contributed by atoms with Gasteiger partial charge in [0.05, 0.1) is 23.5 Å². The molecule has 0 radical (unpaired) electrons. The van der Waals surface area contributed by atoms with Crippen LogP contribution in [0.1, 0.15) is 33.4 Å². The standard InChI is InChI=1S/C11H21BN2O4/c1-10(2,16)11(3,4)18-12(17)8-6-14(5)13-9(8)7-15/h6,15-17H,7H2,1-5H3. The highest BCUT2D eigenvalue weighted by Gasteiger charge is 2.40. The first-order valence-electron chi connectivity index (χ1n) is 5.80. The number of aryl methyl sites for hydroxylation is 1. The van der Waals surface area contributed by atoms with Gasteiger partial charge in [-0.25, -0.2) is 0 Å². The van der Waals surface area contributed by atoms with Crippen molar-refractivity contribution in [3.05, 3.63) is 11.9 Å². The highest BCUT2D eigenvalue weighted by molar-refractivity contribution is 6.60. The molecule has 102 valence electrons. The first-order chi connectivity index (χ1) is 8.08. The maximum atomic E-state index is 10.0. The van der Waals surface area contributed by atoms with Crippen molar-refractivity contribution >= 4 is 12.6 Å². The first kappa shape index (κ1) is 15.2. The van der Waals surface area contributed by atoms with E-state index in [0.717, 1.165) is 0 Å². The molecule has 0 unspecified atom stereocenters. The summed E-state index contributed by atoms with van der Waals surface area (Å²) in [5.41, 5.74) is -1.31. The predicted octanol–water partition coefficient (Wildman–Crippen LogP) is -0.834. The summed E-state index contributed by atoms with van der Waals surface area (Å²) in [5, 5.41) is 33.2. The van der Waals surface area contributed by atoms with E-state index in [-0.39, 0.29) is 6.61 Å². The Labute approximate surface area is 107 Å². The molecule has 18 heavy (non-hydrogen) atoms. The van der Waals surface area contributed by atoms with Crippen LogP contribution in [0.25, 0.3) is 0 Å². The van der Waals surface area contributed by atoms with Crippen molar-refractivity contribution in [2.24, 2.45) is 7.05 Å². The number of hydrogen-bond donors (Lipinski definition) is 3. The summed E-state index contributed by atoms with van der Waals surface area (Å²) in [5.74, 6) is 0. The lowest BCUT2D eigenvalue weighted by atomic mass is 9.76. The van der Waals surface area contributed by atoms with Gasteiger partial charge in [-0.2, -0.15) is 5.10 Å². The molecule has 6 nitrogen and oxygen atoms in total. The molecule has 1 rings (SSSR count). The summed E-state index contributed by atoms with van der Waals surface area (Å²) < 4.78 is 6.98. The normalized spacial score (nSPS) is 12.9. The van der Waals surface area contributed by atoms with E-state index in [1.165, 1.54) is 4.68 Å². The Morgan fingerprint density at radius 3 is 2.39 bits per heavy atom. The quantitative estimate of drug-likeness (QED) is 0.598. The molecule has 0 saturated carbocycles. The molecular formula is C11H21BN2O4. The van der Waals surface area contributed by atoms with Crippen molar-refractivity contribution in [1.82, 2.24) is 9.78 Å². The van der Waals surface area contributed by atoms with Crippen LogP contribution in [0.3, 0.4) is 0 Å². The molecule has 1 aromatic rings. The van der Waals surface area contributed by atoms with Gasteiger partial charge in [-0.15, -0.1) is 0 Å². The Kier molecular flexibility index (Phi) is 4.22. The minimum absolute atomic E-state index is 0.278. The summed E-state index contributed by atoms with van der Waals surface area (Å²) in [7, 11) is 0.443. The Morgan fingerprint density at radius 2 is 1.94 bits per heavy atom. The van der Waals surface area contributed by atoms with E-state index in [1.54, 1.807) is 40.9 Å². The largest absolute Gasteiger partial charge is 0.495 e. The van der Waals surface area contributed by atoms with Gasteiger partial charge in [-0.1, -0.05) is 0 Å². The van der Waals surface area contributed by atoms with Gasteiger partial charge in [0.1, 0.15) is 0 Å². The molecule has 0 aliphatic rings. The zero-order chi connectivity index (χ0) is 14.1. The Hall–Kier alpha value is -0.885. The van der Waals surface area contributed by atoms with E-state index in [9.17, 15) is 10.1 Å². The molecular weight excluding hydrogens is 235 g/mol. The van der Waals surface area contributed by atoms with Gasteiger partial charge in [0, 0.05) is 18.7 Å². The minimum atomic E-state index is -1.25. The fourth-order valence-corrected chi connectivity index (χ4v) is 1.37. The van der Waals surface area contributed by atoms with E-state index in [4.69, 9.17) is 9.76 Å². The van der Waals surface area contributed by atoms with E-state index in [2.05, 4.69) is 5.10 Å². The Morgan fingerprint density at radius 1 is 1.39 bits per heavy atom. The molecule has 7 heteroatoms. The van der Waals surface area contributed by atoms with Crippen LogP contribution in [-0.4, -0.2) is 43.3 Å². The number of aromatic nitrogens is 2. The summed E-state index contributed by atoms with van der Waals surface area (Å²) >= 11 is 0. The summed E-state index contributed by atoms with van der Waals surface area (Å²) in [6.07, 6.45) is 1.58. The smallest absolute Gasteiger partial charge is 0.423 e. The number of aliphatic hydroxyl groups excluding tert-OH is 1. The Balaban J connectivity index is 2.92. The van der Waals surface area contributed by atoms with Crippen molar-refractivity contribution in [3.8, 4) is 0 Å². The lowest BCUT2D eigenvalue weighted by Gasteiger charge is -2.38. The summed E-state index contributed by atoms with van der Waals surface area (Å²) in [4.78, 5) is 0. The third-order valence-corrected chi connectivity index (χ3v) is 3.23. The molecule has 0 spiro atoms. The summed E-state index contributed by atoms with van der Waals surface area (Å²) in [6, 6.07) is 0. The van der Waals surface area contributed by atoms with Crippen molar-refractivity contribution in [1.29, 1.82) is 0 Å². The molecule has 0 aliphatic heterocycles. The van der Waals surface area contributed by atoms with Gasteiger partial charge in [0.2, 0.25) is 0 Å².